The lowest BCUT2D eigenvalue weighted by molar-refractivity contribution is 0.0610. The van der Waals surface area contributed by atoms with Crippen molar-refractivity contribution in [3.8, 4) is 0 Å². The summed E-state index contributed by atoms with van der Waals surface area (Å²) >= 11 is 7.72. The van der Waals surface area contributed by atoms with E-state index in [-0.39, 0.29) is 12.6 Å². The van der Waals surface area contributed by atoms with Gasteiger partial charge in [0.05, 0.1) is 6.61 Å². The first-order valence-corrected chi connectivity index (χ1v) is 7.97. The molecule has 1 aromatic carbocycles. The van der Waals surface area contributed by atoms with Crippen molar-refractivity contribution in [1.82, 2.24) is 9.80 Å². The maximum Gasteiger partial charge on any atom is 0.0599 e. The summed E-state index contributed by atoms with van der Waals surface area (Å²) in [5, 5.41) is 10.1. The van der Waals surface area contributed by atoms with Gasteiger partial charge in [-0.25, -0.2) is 0 Å². The number of rotatable bonds is 5. The normalized spacial score (nSPS) is 21.7. The first-order chi connectivity index (χ1) is 9.19. The summed E-state index contributed by atoms with van der Waals surface area (Å²) in [6.45, 7) is 4.41. The van der Waals surface area contributed by atoms with E-state index in [1.807, 2.05) is 23.9 Å². The second kappa shape index (κ2) is 7.50. The molecule has 0 radical (unpaired) electrons. The fraction of sp³-hybridized carbons (Fsp3) is 0.571. The van der Waals surface area contributed by atoms with E-state index in [9.17, 15) is 5.11 Å². The van der Waals surface area contributed by atoms with Gasteiger partial charge in [0.1, 0.15) is 0 Å². The van der Waals surface area contributed by atoms with Crippen molar-refractivity contribution in [2.75, 3.05) is 45.6 Å². The molecule has 0 bridgehead atoms. The Bertz CT molecular complexity index is 388. The van der Waals surface area contributed by atoms with Gasteiger partial charge in [0.2, 0.25) is 0 Å². The van der Waals surface area contributed by atoms with Crippen LogP contribution in [-0.2, 0) is 0 Å². The molecule has 0 aromatic heterocycles. The third-order valence-electron chi connectivity index (χ3n) is 3.56. The fourth-order valence-electron chi connectivity index (χ4n) is 2.23. The molecule has 1 atom stereocenters. The summed E-state index contributed by atoms with van der Waals surface area (Å²) in [7, 11) is 2.08. The van der Waals surface area contributed by atoms with Gasteiger partial charge < -0.3 is 5.11 Å². The maximum absolute atomic E-state index is 9.32. The van der Waals surface area contributed by atoms with Crippen LogP contribution in [0.2, 0.25) is 5.02 Å². The Morgan fingerprint density at radius 1 is 1.32 bits per heavy atom. The zero-order chi connectivity index (χ0) is 13.7. The molecule has 1 N–H and O–H groups in total. The van der Waals surface area contributed by atoms with Crippen LogP contribution >= 0.6 is 23.4 Å². The van der Waals surface area contributed by atoms with Crippen LogP contribution in [0.15, 0.2) is 29.2 Å². The van der Waals surface area contributed by atoms with E-state index in [4.69, 9.17) is 11.6 Å². The molecule has 1 aliphatic heterocycles. The Balaban J connectivity index is 1.72. The average molecular weight is 301 g/mol. The maximum atomic E-state index is 9.32. The number of aliphatic hydroxyl groups is 1. The van der Waals surface area contributed by atoms with E-state index in [1.165, 1.54) is 4.90 Å². The third-order valence-corrected chi connectivity index (χ3v) is 4.81. The molecule has 0 unspecified atom stereocenters. The minimum Gasteiger partial charge on any atom is -0.395 e. The minimum atomic E-state index is 0.247. The van der Waals surface area contributed by atoms with Crippen LogP contribution in [0.1, 0.15) is 0 Å². The van der Waals surface area contributed by atoms with Gasteiger partial charge in [-0.1, -0.05) is 11.6 Å². The van der Waals surface area contributed by atoms with Gasteiger partial charge in [0.15, 0.2) is 0 Å². The van der Waals surface area contributed by atoms with Crippen LogP contribution in [0.4, 0.5) is 0 Å². The highest BCUT2D eigenvalue weighted by molar-refractivity contribution is 7.99. The molecule has 0 saturated carbocycles. The van der Waals surface area contributed by atoms with E-state index in [0.717, 1.165) is 37.0 Å². The average Bonchev–Trinajstić information content (AvgIpc) is 2.43. The van der Waals surface area contributed by atoms with Crippen LogP contribution in [-0.4, -0.2) is 66.5 Å². The van der Waals surface area contributed by atoms with Gasteiger partial charge in [-0.15, -0.1) is 11.8 Å². The number of hydrogen-bond donors (Lipinski definition) is 1. The van der Waals surface area contributed by atoms with Crippen molar-refractivity contribution in [2.45, 2.75) is 10.9 Å². The highest BCUT2D eigenvalue weighted by atomic mass is 35.5. The molecule has 0 spiro atoms. The summed E-state index contributed by atoms with van der Waals surface area (Å²) < 4.78 is 0. The highest BCUT2D eigenvalue weighted by Gasteiger charge is 2.22. The SMILES string of the molecule is CN1CCN(CCSc2ccc(Cl)cc2)C[C@H]1CO. The smallest absolute Gasteiger partial charge is 0.0599 e. The molecule has 0 aliphatic carbocycles. The lowest BCUT2D eigenvalue weighted by atomic mass is 10.2. The number of piperazine rings is 1. The van der Waals surface area contributed by atoms with Crippen LogP contribution in [0.5, 0.6) is 0 Å². The molecule has 19 heavy (non-hydrogen) atoms. The highest BCUT2D eigenvalue weighted by Crippen LogP contribution is 2.20. The minimum absolute atomic E-state index is 0.247. The first kappa shape index (κ1) is 15.1. The molecule has 1 aromatic rings. The third kappa shape index (κ3) is 4.65. The van der Waals surface area contributed by atoms with Crippen molar-refractivity contribution in [3.63, 3.8) is 0 Å². The summed E-state index contributed by atoms with van der Waals surface area (Å²) in [5.41, 5.74) is 0. The van der Waals surface area contributed by atoms with E-state index in [2.05, 4.69) is 29.0 Å². The lowest BCUT2D eigenvalue weighted by Crippen LogP contribution is -2.53. The van der Waals surface area contributed by atoms with Crippen LogP contribution in [0.3, 0.4) is 0 Å². The summed E-state index contributed by atoms with van der Waals surface area (Å²) in [5.74, 6) is 1.07. The van der Waals surface area contributed by atoms with Gasteiger partial charge in [0, 0.05) is 47.9 Å². The monoisotopic (exact) mass is 300 g/mol. The predicted octanol–water partition coefficient (Wildman–Crippen LogP) is 2.04. The Labute approximate surface area is 124 Å². The zero-order valence-electron chi connectivity index (χ0n) is 11.3. The lowest BCUT2D eigenvalue weighted by Gasteiger charge is -2.38. The van der Waals surface area contributed by atoms with E-state index in [0.29, 0.717) is 0 Å². The van der Waals surface area contributed by atoms with Crippen molar-refractivity contribution in [2.24, 2.45) is 0 Å². The number of hydrogen-bond acceptors (Lipinski definition) is 4. The van der Waals surface area contributed by atoms with Crippen LogP contribution in [0, 0.1) is 0 Å². The predicted molar refractivity (Wildman–Crippen MR) is 82.1 cm³/mol. The number of nitrogens with zero attached hydrogens (tertiary/aromatic N) is 2. The molecule has 1 fully saturated rings. The van der Waals surface area contributed by atoms with Gasteiger partial charge >= 0.3 is 0 Å². The molecular formula is C14H21ClN2OS. The number of benzene rings is 1. The Morgan fingerprint density at radius 2 is 2.05 bits per heavy atom. The van der Waals surface area contributed by atoms with E-state index >= 15 is 0 Å². The summed E-state index contributed by atoms with van der Waals surface area (Å²) in [6, 6.07) is 8.28. The topological polar surface area (TPSA) is 26.7 Å². The molecule has 106 valence electrons. The van der Waals surface area contributed by atoms with E-state index in [1.54, 1.807) is 0 Å². The summed E-state index contributed by atoms with van der Waals surface area (Å²) in [4.78, 5) is 5.93. The van der Waals surface area contributed by atoms with Crippen LogP contribution in [0.25, 0.3) is 0 Å². The number of thioether (sulfide) groups is 1. The molecule has 1 saturated heterocycles. The van der Waals surface area contributed by atoms with Gasteiger partial charge in [-0.3, -0.25) is 9.80 Å². The zero-order valence-corrected chi connectivity index (χ0v) is 12.8. The van der Waals surface area contributed by atoms with E-state index < -0.39 is 0 Å². The fourth-order valence-corrected chi connectivity index (χ4v) is 3.27. The molecule has 1 heterocycles. The van der Waals surface area contributed by atoms with Crippen LogP contribution < -0.4 is 0 Å². The second-order valence-electron chi connectivity index (χ2n) is 4.92. The van der Waals surface area contributed by atoms with Crippen molar-refractivity contribution < 1.29 is 5.11 Å². The quantitative estimate of drug-likeness (QED) is 0.842. The Hall–Kier alpha value is -0.260. The van der Waals surface area contributed by atoms with Crippen molar-refractivity contribution in [3.05, 3.63) is 29.3 Å². The van der Waals surface area contributed by atoms with Gasteiger partial charge in [0.25, 0.3) is 0 Å². The second-order valence-corrected chi connectivity index (χ2v) is 6.52. The summed E-state index contributed by atoms with van der Waals surface area (Å²) in [6.07, 6.45) is 0. The molecule has 2 rings (SSSR count). The standard InChI is InChI=1S/C14H21ClN2OS/c1-16-6-7-17(10-13(16)11-18)8-9-19-14-4-2-12(15)3-5-14/h2-5,13,18H,6-11H2,1H3/t13-/m0/s1. The molecule has 0 amide bonds. The largest absolute Gasteiger partial charge is 0.395 e. The molecule has 1 aliphatic rings. The molecular weight excluding hydrogens is 280 g/mol. The molecule has 5 heteroatoms. The number of aliphatic hydroxyl groups excluding tert-OH is 1. The van der Waals surface area contributed by atoms with Crippen molar-refractivity contribution in [1.29, 1.82) is 0 Å². The number of likely N-dealkylation sites (N-methyl/N-ethyl adjacent to an activating group) is 1. The van der Waals surface area contributed by atoms with Crippen molar-refractivity contribution >= 4 is 23.4 Å². The van der Waals surface area contributed by atoms with Gasteiger partial charge in [-0.05, 0) is 31.3 Å². The van der Waals surface area contributed by atoms with Gasteiger partial charge in [-0.2, -0.15) is 0 Å². The number of halogens is 1. The Kier molecular flexibility index (Phi) is 5.98. The first-order valence-electron chi connectivity index (χ1n) is 6.61. The molecule has 3 nitrogen and oxygen atoms in total. The Morgan fingerprint density at radius 3 is 2.74 bits per heavy atom.